The molecule has 204 valence electrons. The number of fused-ring (bicyclic) bond motifs is 5. The summed E-state index contributed by atoms with van der Waals surface area (Å²) in [7, 11) is 0. The van der Waals surface area contributed by atoms with E-state index in [0.717, 1.165) is 69.0 Å². The molecule has 5 heteroatoms. The molecule has 1 aliphatic heterocycles. The summed E-state index contributed by atoms with van der Waals surface area (Å²) in [5.74, 6) is 4.08. The van der Waals surface area contributed by atoms with Crippen molar-refractivity contribution >= 4 is 11.8 Å². The van der Waals surface area contributed by atoms with Crippen LogP contribution in [0.15, 0.2) is 0 Å². The van der Waals surface area contributed by atoms with Gasteiger partial charge in [0.15, 0.2) is 5.78 Å². The summed E-state index contributed by atoms with van der Waals surface area (Å²) in [6.45, 7) is 10.3. The van der Waals surface area contributed by atoms with Crippen LogP contribution in [0.2, 0.25) is 0 Å². The number of aliphatic hydroxyl groups is 1. The van der Waals surface area contributed by atoms with Crippen molar-refractivity contribution in [3.05, 3.63) is 0 Å². The van der Waals surface area contributed by atoms with Gasteiger partial charge in [-0.05, 0) is 124 Å². The van der Waals surface area contributed by atoms with Crippen LogP contribution < -0.4 is 0 Å². The fraction of sp³-hybridized carbons (Fsp3) is 0.935. The van der Waals surface area contributed by atoms with E-state index >= 15 is 0 Å². The van der Waals surface area contributed by atoms with Gasteiger partial charge in [0.05, 0.1) is 5.92 Å². The van der Waals surface area contributed by atoms with Gasteiger partial charge in [0, 0.05) is 19.1 Å². The van der Waals surface area contributed by atoms with Crippen LogP contribution in [-0.4, -0.2) is 54.6 Å². The van der Waals surface area contributed by atoms with Gasteiger partial charge in [-0.25, -0.2) is 0 Å². The fourth-order valence-corrected chi connectivity index (χ4v) is 10.0. The van der Waals surface area contributed by atoms with E-state index in [4.69, 9.17) is 9.84 Å². The van der Waals surface area contributed by atoms with E-state index in [9.17, 15) is 9.59 Å². The monoisotopic (exact) mass is 501 g/mol. The van der Waals surface area contributed by atoms with Crippen molar-refractivity contribution in [2.75, 3.05) is 32.8 Å². The Bertz CT molecular complexity index is 806. The topological polar surface area (TPSA) is 66.8 Å². The summed E-state index contributed by atoms with van der Waals surface area (Å²) < 4.78 is 5.65. The predicted molar refractivity (Wildman–Crippen MR) is 141 cm³/mol. The highest BCUT2D eigenvalue weighted by molar-refractivity contribution is 5.85. The molecule has 1 N–H and O–H groups in total. The third-order valence-corrected chi connectivity index (χ3v) is 12.2. The van der Waals surface area contributed by atoms with Gasteiger partial charge >= 0.3 is 5.97 Å². The summed E-state index contributed by atoms with van der Waals surface area (Å²) >= 11 is 0. The van der Waals surface area contributed by atoms with Crippen molar-refractivity contribution in [1.29, 1.82) is 0 Å². The molecule has 3 unspecified atom stereocenters. The molecule has 0 aromatic heterocycles. The van der Waals surface area contributed by atoms with Crippen molar-refractivity contribution in [2.45, 2.75) is 97.8 Å². The molecule has 4 aliphatic carbocycles. The number of hydrogen-bond acceptors (Lipinski definition) is 5. The zero-order valence-corrected chi connectivity index (χ0v) is 23.2. The van der Waals surface area contributed by atoms with Gasteiger partial charge in [-0.15, -0.1) is 0 Å². The maximum absolute atomic E-state index is 13.4. The number of hydrogen-bond donors (Lipinski definition) is 1. The van der Waals surface area contributed by atoms with Crippen molar-refractivity contribution < 1.29 is 19.4 Å². The highest BCUT2D eigenvalue weighted by atomic mass is 16.5. The van der Waals surface area contributed by atoms with E-state index in [1.54, 1.807) is 0 Å². The molecule has 5 aliphatic rings. The first-order chi connectivity index (χ1) is 17.3. The molecule has 0 aromatic rings. The number of ether oxygens (including phenoxy) is 1. The molecular formula is C31H51NO4. The van der Waals surface area contributed by atoms with Crippen molar-refractivity contribution in [3.63, 3.8) is 0 Å². The van der Waals surface area contributed by atoms with Crippen LogP contribution in [0.25, 0.3) is 0 Å². The number of rotatable bonds is 7. The van der Waals surface area contributed by atoms with Gasteiger partial charge in [-0.3, -0.25) is 9.59 Å². The zero-order chi connectivity index (χ0) is 25.5. The van der Waals surface area contributed by atoms with Gasteiger partial charge in [0.25, 0.3) is 0 Å². The molecule has 0 radical (unpaired) electrons. The molecule has 0 aromatic carbocycles. The number of ketones is 1. The van der Waals surface area contributed by atoms with E-state index in [1.807, 2.05) is 0 Å². The van der Waals surface area contributed by atoms with E-state index in [-0.39, 0.29) is 42.2 Å². The van der Waals surface area contributed by atoms with E-state index in [0.29, 0.717) is 11.3 Å². The largest absolute Gasteiger partial charge is 0.457 e. The second-order valence-electron chi connectivity index (χ2n) is 14.0. The highest BCUT2D eigenvalue weighted by Gasteiger charge is 2.61. The quantitative estimate of drug-likeness (QED) is 0.468. The predicted octanol–water partition coefficient (Wildman–Crippen LogP) is 5.49. The third kappa shape index (κ3) is 4.81. The molecule has 0 amide bonds. The molecule has 5 nitrogen and oxygen atoms in total. The van der Waals surface area contributed by atoms with Crippen LogP contribution in [-0.2, 0) is 14.3 Å². The lowest BCUT2D eigenvalue weighted by Gasteiger charge is -2.61. The van der Waals surface area contributed by atoms with Crippen LogP contribution in [0.3, 0.4) is 0 Å². The normalized spacial score (nSPS) is 43.3. The van der Waals surface area contributed by atoms with Gasteiger partial charge < -0.3 is 14.7 Å². The number of carbonyl (C=O) groups is 2. The van der Waals surface area contributed by atoms with Crippen LogP contribution in [0, 0.1) is 52.3 Å². The van der Waals surface area contributed by atoms with Gasteiger partial charge in [0.1, 0.15) is 6.61 Å². The molecule has 0 bridgehead atoms. The zero-order valence-electron chi connectivity index (χ0n) is 23.2. The van der Waals surface area contributed by atoms with E-state index in [2.05, 4.69) is 25.7 Å². The summed E-state index contributed by atoms with van der Waals surface area (Å²) in [4.78, 5) is 28.5. The number of Topliss-reactive ketones (excluding diaryl/α,β-unsaturated/α-hetero) is 1. The Hall–Kier alpha value is -0.940. The second-order valence-corrected chi connectivity index (χ2v) is 14.0. The van der Waals surface area contributed by atoms with Crippen molar-refractivity contribution in [1.82, 2.24) is 4.90 Å². The SMILES string of the molecule is C[C@H]1CC[C@@]2(C)C(CC[C@@H]3C2CC[C@@]2(C)C3CC[C@@H]2C(=O)COC(=O)C2CCN(CCCO)CC2)C1. The number of piperidine rings is 1. The summed E-state index contributed by atoms with van der Waals surface area (Å²) in [5, 5.41) is 9.03. The molecule has 36 heavy (non-hydrogen) atoms. The van der Waals surface area contributed by atoms with Crippen molar-refractivity contribution in [3.8, 4) is 0 Å². The lowest BCUT2D eigenvalue weighted by atomic mass is 9.44. The molecule has 8 atom stereocenters. The molecule has 4 saturated carbocycles. The minimum Gasteiger partial charge on any atom is -0.457 e. The van der Waals surface area contributed by atoms with Gasteiger partial charge in [0.2, 0.25) is 0 Å². The molecular weight excluding hydrogens is 450 g/mol. The maximum Gasteiger partial charge on any atom is 0.309 e. The first-order valence-electron chi connectivity index (χ1n) is 15.3. The average molecular weight is 502 g/mol. The van der Waals surface area contributed by atoms with Crippen molar-refractivity contribution in [2.24, 2.45) is 52.3 Å². The van der Waals surface area contributed by atoms with Crippen LogP contribution in [0.1, 0.15) is 97.8 Å². The second kappa shape index (κ2) is 10.7. The van der Waals surface area contributed by atoms with Gasteiger partial charge in [-0.1, -0.05) is 27.2 Å². The Morgan fingerprint density at radius 3 is 2.39 bits per heavy atom. The summed E-state index contributed by atoms with van der Waals surface area (Å²) in [5.41, 5.74) is 0.607. The number of aliphatic hydroxyl groups excluding tert-OH is 1. The lowest BCUT2D eigenvalue weighted by Crippen LogP contribution is -2.53. The smallest absolute Gasteiger partial charge is 0.309 e. The first kappa shape index (κ1) is 26.7. The first-order valence-corrected chi connectivity index (χ1v) is 15.3. The standard InChI is InChI=1S/C31H51NO4/c1-21-9-13-30(2)23(19-21)5-6-24-25-7-8-27(31(25,3)14-10-26(24)30)28(34)20-36-29(35)22-11-16-32(17-12-22)15-4-18-33/h21-27,33H,4-20H2,1-3H3/t21-,23?,24-,25?,26?,27+,30-,31-/m0/s1. The number of likely N-dealkylation sites (tertiary alicyclic amines) is 1. The Balaban J connectivity index is 1.15. The van der Waals surface area contributed by atoms with Crippen LogP contribution >= 0.6 is 0 Å². The molecule has 5 rings (SSSR count). The Labute approximate surface area is 219 Å². The average Bonchev–Trinajstić information content (AvgIpc) is 3.24. The Kier molecular flexibility index (Phi) is 7.90. The van der Waals surface area contributed by atoms with E-state index < -0.39 is 0 Å². The minimum absolute atomic E-state index is 0.0255. The fourth-order valence-electron chi connectivity index (χ4n) is 10.0. The Morgan fingerprint density at radius 2 is 1.64 bits per heavy atom. The summed E-state index contributed by atoms with van der Waals surface area (Å²) in [6, 6.07) is 0. The van der Waals surface area contributed by atoms with Crippen LogP contribution in [0.4, 0.5) is 0 Å². The Morgan fingerprint density at radius 1 is 0.917 bits per heavy atom. The minimum atomic E-state index is -0.175. The lowest BCUT2D eigenvalue weighted by molar-refractivity contribution is -0.157. The maximum atomic E-state index is 13.4. The number of nitrogens with zero attached hydrogens (tertiary/aromatic N) is 1. The third-order valence-electron chi connectivity index (χ3n) is 12.2. The molecule has 1 heterocycles. The summed E-state index contributed by atoms with van der Waals surface area (Å²) in [6.07, 6.45) is 14.0. The number of carbonyl (C=O) groups excluding carboxylic acids is 2. The van der Waals surface area contributed by atoms with Gasteiger partial charge in [-0.2, -0.15) is 0 Å². The molecule has 5 fully saturated rings. The van der Waals surface area contributed by atoms with Crippen LogP contribution in [0.5, 0.6) is 0 Å². The molecule has 0 spiro atoms. The highest BCUT2D eigenvalue weighted by Crippen LogP contribution is 2.67. The molecule has 1 saturated heterocycles. The van der Waals surface area contributed by atoms with E-state index in [1.165, 1.54) is 51.4 Å². The number of esters is 1.